The van der Waals surface area contributed by atoms with Gasteiger partial charge < -0.3 is 10.2 Å². The van der Waals surface area contributed by atoms with Gasteiger partial charge in [0.2, 0.25) is 15.9 Å². The van der Waals surface area contributed by atoms with Crippen molar-refractivity contribution in [2.45, 2.75) is 24.2 Å². The van der Waals surface area contributed by atoms with Gasteiger partial charge in [-0.15, -0.1) is 0 Å². The van der Waals surface area contributed by atoms with Crippen LogP contribution in [-0.2, 0) is 14.8 Å². The van der Waals surface area contributed by atoms with Gasteiger partial charge in [-0.3, -0.25) is 4.79 Å². The second-order valence-electron chi connectivity index (χ2n) is 7.42. The molecule has 2 aromatic carbocycles. The standard InChI is InChI=1S/C22H29N3O3S/c1-24(20-11-4-2-5-12-20)16-9-15-23-22(26)19-10-8-17-25(18-19)29(27,28)21-13-6-3-7-14-21/h2-7,11-14,19H,8-10,15-18H2,1H3,(H,23,26)/t19-/m1/s1. The summed E-state index contributed by atoms with van der Waals surface area (Å²) in [7, 11) is -1.52. The molecule has 1 N–H and O–H groups in total. The predicted octanol–water partition coefficient (Wildman–Crippen LogP) is 2.73. The van der Waals surface area contributed by atoms with Gasteiger partial charge in [0.25, 0.3) is 0 Å². The molecule has 0 aromatic heterocycles. The van der Waals surface area contributed by atoms with E-state index in [9.17, 15) is 13.2 Å². The molecule has 1 saturated heterocycles. The Morgan fingerprint density at radius 3 is 2.45 bits per heavy atom. The zero-order valence-electron chi connectivity index (χ0n) is 16.8. The number of carbonyl (C=O) groups excluding carboxylic acids is 1. The van der Waals surface area contributed by atoms with Crippen LogP contribution in [0.2, 0.25) is 0 Å². The van der Waals surface area contributed by atoms with Crippen LogP contribution < -0.4 is 10.2 Å². The van der Waals surface area contributed by atoms with E-state index in [4.69, 9.17) is 0 Å². The molecule has 1 heterocycles. The molecule has 3 rings (SSSR count). The van der Waals surface area contributed by atoms with Crippen LogP contribution >= 0.6 is 0 Å². The highest BCUT2D eigenvalue weighted by Gasteiger charge is 2.33. The Bertz CT molecular complexity index is 888. The molecule has 0 aliphatic carbocycles. The number of rotatable bonds is 8. The van der Waals surface area contributed by atoms with Crippen LogP contribution in [0, 0.1) is 5.92 Å². The predicted molar refractivity (Wildman–Crippen MR) is 115 cm³/mol. The number of para-hydroxylation sites is 1. The van der Waals surface area contributed by atoms with Crippen LogP contribution in [0.3, 0.4) is 0 Å². The first-order valence-electron chi connectivity index (χ1n) is 10.1. The van der Waals surface area contributed by atoms with Crippen LogP contribution in [0.1, 0.15) is 19.3 Å². The SMILES string of the molecule is CN(CCCNC(=O)[C@@H]1CCCN(S(=O)(=O)c2ccccc2)C1)c1ccccc1. The second-order valence-corrected chi connectivity index (χ2v) is 9.35. The van der Waals surface area contributed by atoms with Gasteiger partial charge >= 0.3 is 0 Å². The van der Waals surface area contributed by atoms with E-state index in [1.54, 1.807) is 30.3 Å². The third kappa shape index (κ3) is 5.58. The summed E-state index contributed by atoms with van der Waals surface area (Å²) < 4.78 is 27.1. The topological polar surface area (TPSA) is 69.7 Å². The minimum Gasteiger partial charge on any atom is -0.375 e. The second kappa shape index (κ2) is 9.89. The van der Waals surface area contributed by atoms with Crippen molar-refractivity contribution in [3.8, 4) is 0 Å². The number of sulfonamides is 1. The van der Waals surface area contributed by atoms with Crippen LogP contribution in [0.4, 0.5) is 5.69 Å². The summed E-state index contributed by atoms with van der Waals surface area (Å²) in [6.07, 6.45) is 2.24. The Morgan fingerprint density at radius 1 is 1.10 bits per heavy atom. The molecule has 156 valence electrons. The molecular formula is C22H29N3O3S. The molecule has 0 unspecified atom stereocenters. The molecule has 2 aromatic rings. The lowest BCUT2D eigenvalue weighted by Crippen LogP contribution is -2.45. The number of nitrogens with zero attached hydrogens (tertiary/aromatic N) is 2. The number of anilines is 1. The van der Waals surface area contributed by atoms with Crippen molar-refractivity contribution in [3.63, 3.8) is 0 Å². The van der Waals surface area contributed by atoms with E-state index in [0.717, 1.165) is 25.1 Å². The first-order chi connectivity index (χ1) is 14.0. The average Bonchev–Trinajstić information content (AvgIpc) is 2.77. The van der Waals surface area contributed by atoms with E-state index in [-0.39, 0.29) is 23.3 Å². The molecule has 6 nitrogen and oxygen atoms in total. The van der Waals surface area contributed by atoms with E-state index in [1.807, 2.05) is 25.2 Å². The molecule has 0 spiro atoms. The first-order valence-corrected chi connectivity index (χ1v) is 11.5. The van der Waals surface area contributed by atoms with Gasteiger partial charge in [0.15, 0.2) is 0 Å². The lowest BCUT2D eigenvalue weighted by atomic mass is 9.99. The fourth-order valence-corrected chi connectivity index (χ4v) is 5.14. The fraction of sp³-hybridized carbons (Fsp3) is 0.409. The Hall–Kier alpha value is -2.38. The van der Waals surface area contributed by atoms with Crippen molar-refractivity contribution in [2.75, 3.05) is 38.1 Å². The van der Waals surface area contributed by atoms with Gasteiger partial charge in [-0.25, -0.2) is 8.42 Å². The summed E-state index contributed by atoms with van der Waals surface area (Å²) in [5.74, 6) is -0.352. The van der Waals surface area contributed by atoms with Crippen LogP contribution in [-0.4, -0.2) is 51.9 Å². The largest absolute Gasteiger partial charge is 0.375 e. The number of hydrogen-bond donors (Lipinski definition) is 1. The van der Waals surface area contributed by atoms with Crippen molar-refractivity contribution in [1.82, 2.24) is 9.62 Å². The van der Waals surface area contributed by atoms with Gasteiger partial charge in [-0.2, -0.15) is 4.31 Å². The summed E-state index contributed by atoms with van der Waals surface area (Å²) in [5, 5.41) is 2.98. The van der Waals surface area contributed by atoms with Crippen LogP contribution in [0.5, 0.6) is 0 Å². The molecule has 1 aliphatic heterocycles. The normalized spacial score (nSPS) is 17.6. The van der Waals surface area contributed by atoms with Gasteiger partial charge in [-0.1, -0.05) is 36.4 Å². The number of amides is 1. The van der Waals surface area contributed by atoms with Gasteiger partial charge in [-0.05, 0) is 43.5 Å². The van der Waals surface area contributed by atoms with E-state index in [2.05, 4.69) is 22.3 Å². The highest BCUT2D eigenvalue weighted by molar-refractivity contribution is 7.89. The maximum absolute atomic E-state index is 12.8. The average molecular weight is 416 g/mol. The van der Waals surface area contributed by atoms with Crippen molar-refractivity contribution < 1.29 is 13.2 Å². The molecule has 1 atom stereocenters. The Labute approximate surface area is 173 Å². The maximum atomic E-state index is 12.8. The molecule has 1 aliphatic rings. The molecule has 0 saturated carbocycles. The fourth-order valence-electron chi connectivity index (χ4n) is 3.60. The lowest BCUT2D eigenvalue weighted by Gasteiger charge is -2.31. The minimum absolute atomic E-state index is 0.0553. The number of carbonyl (C=O) groups is 1. The molecule has 29 heavy (non-hydrogen) atoms. The van der Waals surface area contributed by atoms with Gasteiger partial charge in [0.05, 0.1) is 10.8 Å². The van der Waals surface area contributed by atoms with E-state index < -0.39 is 10.0 Å². The Morgan fingerprint density at radius 2 is 1.76 bits per heavy atom. The number of benzene rings is 2. The Kier molecular flexibility index (Phi) is 7.28. The van der Waals surface area contributed by atoms with E-state index in [1.165, 1.54) is 4.31 Å². The lowest BCUT2D eigenvalue weighted by molar-refractivity contribution is -0.126. The van der Waals surface area contributed by atoms with E-state index >= 15 is 0 Å². The summed E-state index contributed by atoms with van der Waals surface area (Å²) in [6, 6.07) is 18.5. The minimum atomic E-state index is -3.55. The Balaban J connectivity index is 1.47. The first kappa shape index (κ1) is 21.3. The third-order valence-corrected chi connectivity index (χ3v) is 7.18. The highest BCUT2D eigenvalue weighted by atomic mass is 32.2. The maximum Gasteiger partial charge on any atom is 0.243 e. The molecule has 1 amide bonds. The van der Waals surface area contributed by atoms with Crippen molar-refractivity contribution in [3.05, 3.63) is 60.7 Å². The molecular weight excluding hydrogens is 386 g/mol. The number of piperidine rings is 1. The van der Waals surface area contributed by atoms with Crippen molar-refractivity contribution in [2.24, 2.45) is 5.92 Å². The van der Waals surface area contributed by atoms with Gasteiger partial charge in [0, 0.05) is 38.9 Å². The molecule has 0 radical (unpaired) electrons. The van der Waals surface area contributed by atoms with Gasteiger partial charge in [0.1, 0.15) is 0 Å². The zero-order chi connectivity index (χ0) is 20.7. The third-order valence-electron chi connectivity index (χ3n) is 5.30. The van der Waals surface area contributed by atoms with Crippen molar-refractivity contribution in [1.29, 1.82) is 0 Å². The van der Waals surface area contributed by atoms with Crippen LogP contribution in [0.15, 0.2) is 65.6 Å². The number of nitrogens with one attached hydrogen (secondary N) is 1. The molecule has 0 bridgehead atoms. The summed E-state index contributed by atoms with van der Waals surface area (Å²) in [5.41, 5.74) is 1.15. The highest BCUT2D eigenvalue weighted by Crippen LogP contribution is 2.23. The molecule has 7 heteroatoms. The quantitative estimate of drug-likeness (QED) is 0.673. The number of hydrogen-bond acceptors (Lipinski definition) is 4. The summed E-state index contributed by atoms with van der Waals surface area (Å²) >= 11 is 0. The van der Waals surface area contributed by atoms with Crippen LogP contribution in [0.25, 0.3) is 0 Å². The van der Waals surface area contributed by atoms with E-state index in [0.29, 0.717) is 19.5 Å². The zero-order valence-corrected chi connectivity index (χ0v) is 17.6. The monoisotopic (exact) mass is 415 g/mol. The van der Waals surface area contributed by atoms with Crippen molar-refractivity contribution >= 4 is 21.6 Å². The smallest absolute Gasteiger partial charge is 0.243 e. The summed E-state index contributed by atoms with van der Waals surface area (Å²) in [4.78, 5) is 15.0. The summed E-state index contributed by atoms with van der Waals surface area (Å²) in [6.45, 7) is 2.12. The molecule has 1 fully saturated rings.